The van der Waals surface area contributed by atoms with E-state index in [9.17, 15) is 0 Å². The number of nitrogens with two attached hydrogens (primary N) is 2. The van der Waals surface area contributed by atoms with Gasteiger partial charge in [0.15, 0.2) is 0 Å². The second-order valence-corrected chi connectivity index (χ2v) is 3.13. The fraction of sp³-hybridized carbons (Fsp3) is 0.400. The minimum absolute atomic E-state index is 0.0890. The molecule has 0 heterocycles. The highest BCUT2D eigenvalue weighted by Crippen LogP contribution is 2.08. The van der Waals surface area contributed by atoms with Gasteiger partial charge in [0, 0.05) is 12.6 Å². The first kappa shape index (κ1) is 9.23. The molecule has 2 heteroatoms. The van der Waals surface area contributed by atoms with E-state index in [0.29, 0.717) is 6.54 Å². The monoisotopic (exact) mass is 164 g/mol. The van der Waals surface area contributed by atoms with Gasteiger partial charge in [-0.3, -0.25) is 0 Å². The van der Waals surface area contributed by atoms with E-state index < -0.39 is 0 Å². The molecule has 12 heavy (non-hydrogen) atoms. The van der Waals surface area contributed by atoms with Crippen LogP contribution in [0.25, 0.3) is 0 Å². The molecule has 0 saturated heterocycles. The predicted octanol–water partition coefficient (Wildman–Crippen LogP) is 0.824. The highest BCUT2D eigenvalue weighted by atomic mass is 14.7. The van der Waals surface area contributed by atoms with Crippen molar-refractivity contribution in [2.45, 2.75) is 19.4 Å². The molecule has 66 valence electrons. The molecule has 1 unspecified atom stereocenters. The summed E-state index contributed by atoms with van der Waals surface area (Å²) in [5.74, 6) is 0. The zero-order valence-electron chi connectivity index (χ0n) is 7.46. The third kappa shape index (κ3) is 2.32. The Morgan fingerprint density at radius 2 is 2.00 bits per heavy atom. The summed E-state index contributed by atoms with van der Waals surface area (Å²) >= 11 is 0. The van der Waals surface area contributed by atoms with Gasteiger partial charge in [0.05, 0.1) is 0 Å². The van der Waals surface area contributed by atoms with Crippen molar-refractivity contribution in [3.63, 3.8) is 0 Å². The van der Waals surface area contributed by atoms with Crippen LogP contribution in [0.1, 0.15) is 11.1 Å². The highest BCUT2D eigenvalue weighted by Gasteiger charge is 2.02. The molecule has 1 atom stereocenters. The lowest BCUT2D eigenvalue weighted by Gasteiger charge is -2.10. The second-order valence-electron chi connectivity index (χ2n) is 3.13. The molecule has 0 fully saturated rings. The number of hydrogen-bond acceptors (Lipinski definition) is 2. The Morgan fingerprint density at radius 1 is 1.33 bits per heavy atom. The topological polar surface area (TPSA) is 52.0 Å². The minimum Gasteiger partial charge on any atom is -0.329 e. The largest absolute Gasteiger partial charge is 0.329 e. The number of hydrogen-bond donors (Lipinski definition) is 2. The molecule has 2 nitrogen and oxygen atoms in total. The zero-order chi connectivity index (χ0) is 8.97. The van der Waals surface area contributed by atoms with E-state index in [0.717, 1.165) is 6.42 Å². The summed E-state index contributed by atoms with van der Waals surface area (Å²) in [6, 6.07) is 8.35. The standard InChI is InChI=1S/C10H16N2/c1-8-4-2-3-5-9(8)6-10(12)7-11/h2-5,10H,6-7,11-12H2,1H3. The van der Waals surface area contributed by atoms with Gasteiger partial charge in [0.2, 0.25) is 0 Å². The van der Waals surface area contributed by atoms with E-state index in [1.807, 2.05) is 12.1 Å². The van der Waals surface area contributed by atoms with E-state index in [4.69, 9.17) is 11.5 Å². The lowest BCUT2D eigenvalue weighted by Crippen LogP contribution is -2.31. The lowest BCUT2D eigenvalue weighted by atomic mass is 10.0. The molecule has 0 aliphatic heterocycles. The molecule has 1 aromatic rings. The third-order valence-electron chi connectivity index (χ3n) is 2.05. The molecule has 0 aliphatic carbocycles. The molecule has 4 N–H and O–H groups in total. The SMILES string of the molecule is Cc1ccccc1CC(N)CN. The first-order valence-corrected chi connectivity index (χ1v) is 4.24. The first-order valence-electron chi connectivity index (χ1n) is 4.24. The Morgan fingerprint density at radius 3 is 2.58 bits per heavy atom. The van der Waals surface area contributed by atoms with Crippen molar-refractivity contribution in [1.82, 2.24) is 0 Å². The number of rotatable bonds is 3. The first-order chi connectivity index (χ1) is 5.74. The second kappa shape index (κ2) is 4.24. The summed E-state index contributed by atoms with van der Waals surface area (Å²) in [6.45, 7) is 2.65. The molecule has 0 aliphatic rings. The van der Waals surface area contributed by atoms with Crippen LogP contribution in [-0.4, -0.2) is 12.6 Å². The van der Waals surface area contributed by atoms with Crippen molar-refractivity contribution in [2.24, 2.45) is 11.5 Å². The number of benzene rings is 1. The Kier molecular flexibility index (Phi) is 3.26. The maximum Gasteiger partial charge on any atom is 0.0204 e. The molecule has 1 aromatic carbocycles. The third-order valence-corrected chi connectivity index (χ3v) is 2.05. The zero-order valence-corrected chi connectivity index (χ0v) is 7.46. The van der Waals surface area contributed by atoms with Gasteiger partial charge in [0.1, 0.15) is 0 Å². The maximum atomic E-state index is 5.75. The average molecular weight is 164 g/mol. The van der Waals surface area contributed by atoms with Crippen molar-refractivity contribution >= 4 is 0 Å². The van der Waals surface area contributed by atoms with Crippen molar-refractivity contribution in [2.75, 3.05) is 6.54 Å². The highest BCUT2D eigenvalue weighted by molar-refractivity contribution is 5.26. The van der Waals surface area contributed by atoms with Crippen LogP contribution in [0.4, 0.5) is 0 Å². The van der Waals surface area contributed by atoms with Crippen LogP contribution in [0.5, 0.6) is 0 Å². The quantitative estimate of drug-likeness (QED) is 0.695. The van der Waals surface area contributed by atoms with Gasteiger partial charge in [-0.2, -0.15) is 0 Å². The molecule has 0 spiro atoms. The van der Waals surface area contributed by atoms with Crippen molar-refractivity contribution < 1.29 is 0 Å². The predicted molar refractivity (Wildman–Crippen MR) is 51.9 cm³/mol. The van der Waals surface area contributed by atoms with Crippen LogP contribution >= 0.6 is 0 Å². The Bertz CT molecular complexity index is 245. The Balaban J connectivity index is 2.69. The van der Waals surface area contributed by atoms with Gasteiger partial charge in [-0.15, -0.1) is 0 Å². The Hall–Kier alpha value is -0.860. The fourth-order valence-electron chi connectivity index (χ4n) is 1.20. The van der Waals surface area contributed by atoms with E-state index in [2.05, 4.69) is 19.1 Å². The Labute approximate surface area is 73.6 Å². The van der Waals surface area contributed by atoms with Crippen LogP contribution in [-0.2, 0) is 6.42 Å². The van der Waals surface area contributed by atoms with Crippen LogP contribution in [0, 0.1) is 6.92 Å². The molecule has 0 aromatic heterocycles. The van der Waals surface area contributed by atoms with Gasteiger partial charge in [-0.25, -0.2) is 0 Å². The number of aryl methyl sites for hydroxylation is 1. The van der Waals surface area contributed by atoms with Crippen LogP contribution in [0.2, 0.25) is 0 Å². The van der Waals surface area contributed by atoms with Crippen LogP contribution in [0.15, 0.2) is 24.3 Å². The molecule has 0 bridgehead atoms. The van der Waals surface area contributed by atoms with Crippen LogP contribution in [0.3, 0.4) is 0 Å². The van der Waals surface area contributed by atoms with E-state index in [1.165, 1.54) is 11.1 Å². The fourth-order valence-corrected chi connectivity index (χ4v) is 1.20. The molecule has 0 radical (unpaired) electrons. The molecule has 0 amide bonds. The summed E-state index contributed by atoms with van der Waals surface area (Å²) < 4.78 is 0. The van der Waals surface area contributed by atoms with Gasteiger partial charge in [-0.1, -0.05) is 24.3 Å². The molecule has 1 rings (SSSR count). The van der Waals surface area contributed by atoms with E-state index >= 15 is 0 Å². The van der Waals surface area contributed by atoms with E-state index in [-0.39, 0.29) is 6.04 Å². The molecule has 0 saturated carbocycles. The summed E-state index contributed by atoms with van der Waals surface area (Å²) in [5.41, 5.74) is 13.8. The summed E-state index contributed by atoms with van der Waals surface area (Å²) in [4.78, 5) is 0. The smallest absolute Gasteiger partial charge is 0.0204 e. The van der Waals surface area contributed by atoms with Gasteiger partial charge < -0.3 is 11.5 Å². The van der Waals surface area contributed by atoms with Gasteiger partial charge in [0.25, 0.3) is 0 Å². The molecular weight excluding hydrogens is 148 g/mol. The summed E-state index contributed by atoms with van der Waals surface area (Å²) in [7, 11) is 0. The van der Waals surface area contributed by atoms with Gasteiger partial charge >= 0.3 is 0 Å². The minimum atomic E-state index is 0.0890. The van der Waals surface area contributed by atoms with E-state index in [1.54, 1.807) is 0 Å². The lowest BCUT2D eigenvalue weighted by molar-refractivity contribution is 0.676. The van der Waals surface area contributed by atoms with Gasteiger partial charge in [-0.05, 0) is 24.5 Å². The maximum absolute atomic E-state index is 5.75. The summed E-state index contributed by atoms with van der Waals surface area (Å²) in [5, 5.41) is 0. The summed E-state index contributed by atoms with van der Waals surface area (Å²) in [6.07, 6.45) is 0.878. The average Bonchev–Trinajstić information content (AvgIpc) is 2.09. The normalized spacial score (nSPS) is 12.9. The van der Waals surface area contributed by atoms with Crippen molar-refractivity contribution in [1.29, 1.82) is 0 Å². The van der Waals surface area contributed by atoms with Crippen molar-refractivity contribution in [3.8, 4) is 0 Å². The van der Waals surface area contributed by atoms with Crippen LogP contribution < -0.4 is 11.5 Å². The van der Waals surface area contributed by atoms with Crippen molar-refractivity contribution in [3.05, 3.63) is 35.4 Å². The molecular formula is C10H16N2.